The van der Waals surface area contributed by atoms with Gasteiger partial charge in [0.05, 0.1) is 0 Å². The Kier molecular flexibility index (Phi) is 5.61. The van der Waals surface area contributed by atoms with E-state index in [0.717, 1.165) is 12.2 Å². The Morgan fingerprint density at radius 3 is 2.20 bits per heavy atom. The van der Waals surface area contributed by atoms with Crippen LogP contribution in [0.4, 0.5) is 0 Å². The first-order valence-electron chi connectivity index (χ1n) is 7.31. The third kappa shape index (κ3) is 4.87. The quantitative estimate of drug-likeness (QED) is 0.892. The Morgan fingerprint density at radius 2 is 1.75 bits per heavy atom. The summed E-state index contributed by atoms with van der Waals surface area (Å²) >= 11 is 0. The van der Waals surface area contributed by atoms with E-state index in [4.69, 9.17) is 4.74 Å². The lowest BCUT2D eigenvalue weighted by atomic mass is 9.87. The average molecular weight is 277 g/mol. The van der Waals surface area contributed by atoms with E-state index >= 15 is 0 Å². The summed E-state index contributed by atoms with van der Waals surface area (Å²) < 4.78 is 5.68. The van der Waals surface area contributed by atoms with Gasteiger partial charge in [-0.05, 0) is 43.4 Å². The maximum Gasteiger partial charge on any atom is 0.260 e. The van der Waals surface area contributed by atoms with Crippen LogP contribution in [0.3, 0.4) is 0 Å². The first-order chi connectivity index (χ1) is 9.24. The molecule has 0 aliphatic heterocycles. The predicted molar refractivity (Wildman–Crippen MR) is 83.1 cm³/mol. The van der Waals surface area contributed by atoms with Crippen molar-refractivity contribution in [3.8, 4) is 5.75 Å². The van der Waals surface area contributed by atoms with Gasteiger partial charge in [0, 0.05) is 6.04 Å². The van der Waals surface area contributed by atoms with Gasteiger partial charge in [0.1, 0.15) is 5.75 Å². The molecule has 0 spiro atoms. The van der Waals surface area contributed by atoms with Crippen LogP contribution in [0.15, 0.2) is 24.3 Å². The molecule has 2 atom stereocenters. The van der Waals surface area contributed by atoms with Crippen molar-refractivity contribution in [2.75, 3.05) is 0 Å². The number of carbonyl (C=O) groups excluding carboxylic acids is 1. The molecule has 3 nitrogen and oxygen atoms in total. The Balaban J connectivity index is 2.62. The van der Waals surface area contributed by atoms with E-state index in [1.807, 2.05) is 26.0 Å². The topological polar surface area (TPSA) is 38.3 Å². The number of benzene rings is 1. The molecule has 1 amide bonds. The van der Waals surface area contributed by atoms with E-state index in [-0.39, 0.29) is 17.4 Å². The third-order valence-corrected chi connectivity index (χ3v) is 3.40. The third-order valence-electron chi connectivity index (χ3n) is 3.40. The van der Waals surface area contributed by atoms with E-state index in [1.165, 1.54) is 5.56 Å². The molecule has 0 bridgehead atoms. The summed E-state index contributed by atoms with van der Waals surface area (Å²) in [5.74, 6) is 0.657. The highest BCUT2D eigenvalue weighted by atomic mass is 16.5. The van der Waals surface area contributed by atoms with Crippen LogP contribution in [0.5, 0.6) is 5.75 Å². The van der Waals surface area contributed by atoms with Crippen LogP contribution < -0.4 is 10.1 Å². The van der Waals surface area contributed by atoms with Crippen molar-refractivity contribution >= 4 is 5.91 Å². The van der Waals surface area contributed by atoms with Gasteiger partial charge in [-0.25, -0.2) is 0 Å². The summed E-state index contributed by atoms with van der Waals surface area (Å²) in [5, 5.41) is 2.92. The van der Waals surface area contributed by atoms with Crippen LogP contribution in [-0.2, 0) is 10.2 Å². The molecular weight excluding hydrogens is 250 g/mol. The van der Waals surface area contributed by atoms with Crippen LogP contribution in [0.25, 0.3) is 0 Å². The molecular formula is C17H27NO2. The lowest BCUT2D eigenvalue weighted by molar-refractivity contribution is -0.127. The Bertz CT molecular complexity index is 431. The van der Waals surface area contributed by atoms with Gasteiger partial charge in [0.2, 0.25) is 0 Å². The lowest BCUT2D eigenvalue weighted by Gasteiger charge is -2.20. The van der Waals surface area contributed by atoms with Crippen LogP contribution in [0.2, 0.25) is 0 Å². The highest BCUT2D eigenvalue weighted by Crippen LogP contribution is 2.24. The number of amides is 1. The summed E-state index contributed by atoms with van der Waals surface area (Å²) in [6, 6.07) is 8.13. The second-order valence-electron chi connectivity index (χ2n) is 6.35. The molecule has 3 heteroatoms. The number of carbonyl (C=O) groups is 1. The molecule has 0 unspecified atom stereocenters. The van der Waals surface area contributed by atoms with Gasteiger partial charge >= 0.3 is 0 Å². The molecule has 0 heterocycles. The molecule has 0 aromatic heterocycles. The maximum atomic E-state index is 11.9. The fourth-order valence-corrected chi connectivity index (χ4v) is 1.75. The van der Waals surface area contributed by atoms with Gasteiger partial charge < -0.3 is 10.1 Å². The first kappa shape index (κ1) is 16.5. The monoisotopic (exact) mass is 277 g/mol. The van der Waals surface area contributed by atoms with Gasteiger partial charge in [0.25, 0.3) is 5.91 Å². The molecule has 0 radical (unpaired) electrons. The highest BCUT2D eigenvalue weighted by Gasteiger charge is 2.17. The van der Waals surface area contributed by atoms with Gasteiger partial charge in [0.15, 0.2) is 6.10 Å². The number of hydrogen-bond acceptors (Lipinski definition) is 2. The Morgan fingerprint density at radius 1 is 1.20 bits per heavy atom. The fraction of sp³-hybridized carbons (Fsp3) is 0.588. The molecule has 0 saturated heterocycles. The largest absolute Gasteiger partial charge is 0.481 e. The van der Waals surface area contributed by atoms with Crippen molar-refractivity contribution in [1.82, 2.24) is 5.32 Å². The van der Waals surface area contributed by atoms with Gasteiger partial charge in [-0.15, -0.1) is 0 Å². The molecule has 0 aliphatic carbocycles. The second-order valence-corrected chi connectivity index (χ2v) is 6.35. The number of nitrogens with one attached hydrogen (secondary N) is 1. The van der Waals surface area contributed by atoms with E-state index < -0.39 is 6.10 Å². The van der Waals surface area contributed by atoms with Crippen LogP contribution in [0, 0.1) is 0 Å². The lowest BCUT2D eigenvalue weighted by Crippen LogP contribution is -2.40. The smallest absolute Gasteiger partial charge is 0.260 e. The fourth-order valence-electron chi connectivity index (χ4n) is 1.75. The summed E-state index contributed by atoms with van der Waals surface area (Å²) in [6.45, 7) is 12.3. The summed E-state index contributed by atoms with van der Waals surface area (Å²) in [5.41, 5.74) is 1.37. The van der Waals surface area contributed by atoms with Gasteiger partial charge in [-0.2, -0.15) is 0 Å². The van der Waals surface area contributed by atoms with Crippen molar-refractivity contribution in [1.29, 1.82) is 0 Å². The predicted octanol–water partition coefficient (Wildman–Crippen LogP) is 3.67. The normalized spacial score (nSPS) is 14.5. The molecule has 20 heavy (non-hydrogen) atoms. The van der Waals surface area contributed by atoms with Crippen molar-refractivity contribution in [3.63, 3.8) is 0 Å². The second kappa shape index (κ2) is 6.78. The highest BCUT2D eigenvalue weighted by molar-refractivity contribution is 5.80. The van der Waals surface area contributed by atoms with Crippen molar-refractivity contribution in [2.45, 2.75) is 65.5 Å². The van der Waals surface area contributed by atoms with E-state index in [1.54, 1.807) is 6.92 Å². The average Bonchev–Trinajstić information content (AvgIpc) is 2.38. The molecule has 1 aromatic rings. The molecule has 1 N–H and O–H groups in total. The molecule has 0 fully saturated rings. The number of ether oxygens (including phenoxy) is 1. The minimum absolute atomic E-state index is 0.0701. The molecule has 1 rings (SSSR count). The molecule has 1 aromatic carbocycles. The van der Waals surface area contributed by atoms with E-state index in [2.05, 4.69) is 38.2 Å². The van der Waals surface area contributed by atoms with Crippen molar-refractivity contribution in [2.24, 2.45) is 0 Å². The van der Waals surface area contributed by atoms with Crippen LogP contribution >= 0.6 is 0 Å². The van der Waals surface area contributed by atoms with E-state index in [9.17, 15) is 4.79 Å². The van der Waals surface area contributed by atoms with Crippen molar-refractivity contribution < 1.29 is 9.53 Å². The standard InChI is InChI=1S/C17H27NO2/c1-7-12(2)18-16(19)13(3)20-15-10-8-14(9-11-15)17(4,5)6/h8-13H,7H2,1-6H3,(H,18,19)/t12-,13+/m1/s1. The van der Waals surface area contributed by atoms with Crippen LogP contribution in [0.1, 0.15) is 53.5 Å². The van der Waals surface area contributed by atoms with Crippen LogP contribution in [-0.4, -0.2) is 18.1 Å². The zero-order valence-corrected chi connectivity index (χ0v) is 13.5. The van der Waals surface area contributed by atoms with Gasteiger partial charge in [-0.1, -0.05) is 39.8 Å². The molecule has 0 aliphatic rings. The summed E-state index contributed by atoms with van der Waals surface area (Å²) in [4.78, 5) is 11.9. The van der Waals surface area contributed by atoms with Crippen molar-refractivity contribution in [3.05, 3.63) is 29.8 Å². The molecule has 0 saturated carbocycles. The Labute approximate surface area is 122 Å². The number of rotatable bonds is 5. The zero-order chi connectivity index (χ0) is 15.3. The minimum atomic E-state index is -0.482. The SMILES string of the molecule is CC[C@@H](C)NC(=O)[C@H](C)Oc1ccc(C(C)(C)C)cc1. The Hall–Kier alpha value is -1.51. The number of hydrogen-bond donors (Lipinski definition) is 1. The first-order valence-corrected chi connectivity index (χ1v) is 7.31. The molecule has 112 valence electrons. The minimum Gasteiger partial charge on any atom is -0.481 e. The summed E-state index contributed by atoms with van der Waals surface area (Å²) in [7, 11) is 0. The van der Waals surface area contributed by atoms with Gasteiger partial charge in [-0.3, -0.25) is 4.79 Å². The maximum absolute atomic E-state index is 11.9. The zero-order valence-electron chi connectivity index (χ0n) is 13.5. The summed E-state index contributed by atoms with van der Waals surface area (Å²) in [6.07, 6.45) is 0.433. The van der Waals surface area contributed by atoms with E-state index in [0.29, 0.717) is 0 Å².